The number of hydrogen-bond acceptors (Lipinski definition) is 5. The fourth-order valence-electron chi connectivity index (χ4n) is 3.20. The van der Waals surface area contributed by atoms with Crippen molar-refractivity contribution in [1.29, 1.82) is 0 Å². The highest BCUT2D eigenvalue weighted by Gasteiger charge is 2.19. The SMILES string of the molecule is C=C(Cn1cnc(/N=C\C)c(C)c1=O)OC(=O)N(C)C[C@H](F)c1ccc2ccccc2c1. The highest BCUT2D eigenvalue weighted by Crippen LogP contribution is 2.24. The van der Waals surface area contributed by atoms with E-state index in [0.29, 0.717) is 16.9 Å². The number of hydrogen-bond donors (Lipinski definition) is 0. The monoisotopic (exact) mass is 436 g/mol. The lowest BCUT2D eigenvalue weighted by atomic mass is 10.0. The fourth-order valence-corrected chi connectivity index (χ4v) is 3.20. The summed E-state index contributed by atoms with van der Waals surface area (Å²) in [6.07, 6.45) is 0.721. The molecule has 1 atom stereocenters. The van der Waals surface area contributed by atoms with Crippen LogP contribution >= 0.6 is 0 Å². The van der Waals surface area contributed by atoms with Gasteiger partial charge >= 0.3 is 6.09 Å². The van der Waals surface area contributed by atoms with Crippen LogP contribution in [0, 0.1) is 6.92 Å². The van der Waals surface area contributed by atoms with Gasteiger partial charge in [0.25, 0.3) is 5.56 Å². The summed E-state index contributed by atoms with van der Waals surface area (Å²) in [4.78, 5) is 34.1. The number of fused-ring (bicyclic) bond motifs is 1. The minimum atomic E-state index is -1.38. The molecule has 166 valence electrons. The number of halogens is 1. The Morgan fingerprint density at radius 3 is 2.75 bits per heavy atom. The molecule has 32 heavy (non-hydrogen) atoms. The number of likely N-dealkylation sites (N-methyl/N-ethyl adjacent to an activating group) is 1. The van der Waals surface area contributed by atoms with Crippen LogP contribution < -0.4 is 5.56 Å². The van der Waals surface area contributed by atoms with Gasteiger partial charge in [-0.25, -0.2) is 19.2 Å². The van der Waals surface area contributed by atoms with E-state index in [1.165, 1.54) is 17.9 Å². The van der Waals surface area contributed by atoms with Gasteiger partial charge in [0.05, 0.1) is 18.7 Å². The van der Waals surface area contributed by atoms with Crippen molar-refractivity contribution in [3.63, 3.8) is 0 Å². The van der Waals surface area contributed by atoms with Crippen LogP contribution in [0.15, 0.2) is 70.9 Å². The van der Waals surface area contributed by atoms with E-state index >= 15 is 0 Å². The number of aliphatic imine (C=N–C) groups is 1. The molecule has 0 aliphatic heterocycles. The van der Waals surface area contributed by atoms with Gasteiger partial charge in [-0.1, -0.05) is 43.0 Å². The highest BCUT2D eigenvalue weighted by molar-refractivity contribution is 5.83. The van der Waals surface area contributed by atoms with E-state index in [4.69, 9.17) is 4.74 Å². The summed E-state index contributed by atoms with van der Waals surface area (Å²) >= 11 is 0. The lowest BCUT2D eigenvalue weighted by Gasteiger charge is -2.20. The number of alkyl halides is 1. The van der Waals surface area contributed by atoms with Gasteiger partial charge in [-0.05, 0) is 36.2 Å². The second-order valence-electron chi connectivity index (χ2n) is 7.37. The molecule has 2 aromatic carbocycles. The predicted molar refractivity (Wildman–Crippen MR) is 123 cm³/mol. The van der Waals surface area contributed by atoms with Crippen LogP contribution in [0.1, 0.15) is 24.2 Å². The number of ether oxygens (including phenoxy) is 1. The second kappa shape index (κ2) is 10.00. The maximum atomic E-state index is 14.8. The average molecular weight is 436 g/mol. The molecule has 1 amide bonds. The van der Waals surface area contributed by atoms with Crippen LogP contribution in [0.25, 0.3) is 10.8 Å². The average Bonchev–Trinajstić information content (AvgIpc) is 2.78. The first-order valence-corrected chi connectivity index (χ1v) is 10.1. The molecule has 0 saturated heterocycles. The number of nitrogens with zero attached hydrogens (tertiary/aromatic N) is 4. The third-order valence-electron chi connectivity index (χ3n) is 4.95. The first-order chi connectivity index (χ1) is 15.3. The van der Waals surface area contributed by atoms with Crippen molar-refractivity contribution >= 4 is 28.9 Å². The number of rotatable bonds is 7. The van der Waals surface area contributed by atoms with E-state index in [-0.39, 0.29) is 24.4 Å². The van der Waals surface area contributed by atoms with Gasteiger partial charge in [0.15, 0.2) is 5.82 Å². The Hall–Kier alpha value is -3.81. The number of carbonyl (C=O) groups excluding carboxylic acids is 1. The zero-order valence-electron chi connectivity index (χ0n) is 18.3. The van der Waals surface area contributed by atoms with Crippen LogP contribution in [-0.4, -0.2) is 40.4 Å². The minimum absolute atomic E-state index is 0.0398. The Kier molecular flexibility index (Phi) is 7.14. The molecule has 1 heterocycles. The molecule has 0 unspecified atom stereocenters. The lowest BCUT2D eigenvalue weighted by molar-refractivity contribution is 0.122. The van der Waals surface area contributed by atoms with Crippen LogP contribution in [0.3, 0.4) is 0 Å². The third-order valence-corrected chi connectivity index (χ3v) is 4.95. The van der Waals surface area contributed by atoms with Gasteiger partial charge in [0.1, 0.15) is 18.3 Å². The summed E-state index contributed by atoms with van der Waals surface area (Å²) in [7, 11) is 1.44. The standard InChI is InChI=1S/C24H25FN4O3/c1-5-26-22-17(3)23(30)29(15-27-22)13-16(2)32-24(31)28(4)14-21(25)20-11-10-18-8-6-7-9-19(18)12-20/h5-12,15,21H,2,13-14H2,1,3-4H3/b26-5-/t21-/m0/s1. The van der Waals surface area contributed by atoms with E-state index in [9.17, 15) is 14.0 Å². The molecule has 0 bridgehead atoms. The summed E-state index contributed by atoms with van der Waals surface area (Å²) < 4.78 is 21.3. The smallest absolute Gasteiger partial charge is 0.413 e. The van der Waals surface area contributed by atoms with Crippen molar-refractivity contribution in [2.24, 2.45) is 4.99 Å². The zero-order valence-corrected chi connectivity index (χ0v) is 18.3. The Balaban J connectivity index is 1.60. The van der Waals surface area contributed by atoms with Gasteiger partial charge in [0, 0.05) is 13.3 Å². The summed E-state index contributed by atoms with van der Waals surface area (Å²) in [5.74, 6) is 0.372. The Labute approximate surface area is 185 Å². The normalized spacial score (nSPS) is 12.1. The lowest BCUT2D eigenvalue weighted by Crippen LogP contribution is -2.31. The number of allylic oxidation sites excluding steroid dienone is 1. The van der Waals surface area contributed by atoms with Gasteiger partial charge in [0.2, 0.25) is 0 Å². The van der Waals surface area contributed by atoms with Gasteiger partial charge < -0.3 is 9.64 Å². The van der Waals surface area contributed by atoms with E-state index in [1.807, 2.05) is 30.3 Å². The van der Waals surface area contributed by atoms with E-state index in [0.717, 1.165) is 15.7 Å². The maximum absolute atomic E-state index is 14.8. The number of benzene rings is 2. The molecular weight excluding hydrogens is 411 g/mol. The first-order valence-electron chi connectivity index (χ1n) is 10.1. The summed E-state index contributed by atoms with van der Waals surface area (Å²) in [6.45, 7) is 6.79. The molecule has 0 N–H and O–H groups in total. The van der Waals surface area contributed by atoms with E-state index in [2.05, 4.69) is 16.6 Å². The molecule has 0 fully saturated rings. The molecule has 1 aromatic heterocycles. The predicted octanol–water partition coefficient (Wildman–Crippen LogP) is 4.72. The minimum Gasteiger partial charge on any atom is -0.413 e. The van der Waals surface area contributed by atoms with Gasteiger partial charge in [-0.2, -0.15) is 0 Å². The summed E-state index contributed by atoms with van der Waals surface area (Å²) in [6, 6.07) is 13.0. The fraction of sp³-hybridized carbons (Fsp3) is 0.250. The summed E-state index contributed by atoms with van der Waals surface area (Å²) in [5.41, 5.74) is 0.536. The van der Waals surface area contributed by atoms with Gasteiger partial charge in [-0.3, -0.25) is 9.36 Å². The quantitative estimate of drug-likeness (QED) is 0.397. The Bertz CT molecular complexity index is 1240. The topological polar surface area (TPSA) is 76.8 Å². The van der Waals surface area contributed by atoms with Crippen LogP contribution in [0.4, 0.5) is 15.0 Å². The molecule has 0 aliphatic carbocycles. The van der Waals surface area contributed by atoms with Crippen LogP contribution in [-0.2, 0) is 11.3 Å². The molecule has 7 nitrogen and oxygen atoms in total. The second-order valence-corrected chi connectivity index (χ2v) is 7.37. The third kappa shape index (κ3) is 5.26. The maximum Gasteiger partial charge on any atom is 0.414 e. The number of amides is 1. The highest BCUT2D eigenvalue weighted by atomic mass is 19.1. The Morgan fingerprint density at radius 1 is 1.31 bits per heavy atom. The van der Waals surface area contributed by atoms with Crippen molar-refractivity contribution in [1.82, 2.24) is 14.5 Å². The van der Waals surface area contributed by atoms with Gasteiger partial charge in [-0.15, -0.1) is 0 Å². The number of carbonyl (C=O) groups is 1. The zero-order chi connectivity index (χ0) is 23.3. The summed E-state index contributed by atoms with van der Waals surface area (Å²) in [5, 5.41) is 1.94. The van der Waals surface area contributed by atoms with E-state index < -0.39 is 12.3 Å². The first kappa shape index (κ1) is 22.9. The Morgan fingerprint density at radius 2 is 2.03 bits per heavy atom. The van der Waals surface area contributed by atoms with Crippen molar-refractivity contribution < 1.29 is 13.9 Å². The molecule has 0 radical (unpaired) electrons. The largest absolute Gasteiger partial charge is 0.414 e. The molecule has 0 spiro atoms. The van der Waals surface area contributed by atoms with Crippen molar-refractivity contribution in [2.45, 2.75) is 26.6 Å². The van der Waals surface area contributed by atoms with Crippen molar-refractivity contribution in [3.8, 4) is 0 Å². The molecule has 3 aromatic rings. The van der Waals surface area contributed by atoms with Crippen LogP contribution in [0.5, 0.6) is 0 Å². The molecule has 0 aliphatic rings. The van der Waals surface area contributed by atoms with Crippen LogP contribution in [0.2, 0.25) is 0 Å². The molecular formula is C24H25FN4O3. The van der Waals surface area contributed by atoms with Crippen molar-refractivity contribution in [3.05, 3.63) is 82.6 Å². The van der Waals surface area contributed by atoms with E-state index in [1.54, 1.807) is 32.2 Å². The number of aromatic nitrogens is 2. The van der Waals surface area contributed by atoms with Crippen molar-refractivity contribution in [2.75, 3.05) is 13.6 Å². The molecule has 3 rings (SSSR count). The molecule has 0 saturated carbocycles. The molecule has 8 heteroatoms.